The Morgan fingerprint density at radius 1 is 1.11 bits per heavy atom. The van der Waals surface area contributed by atoms with Crippen LogP contribution >= 0.6 is 24.8 Å². The highest BCUT2D eigenvalue weighted by molar-refractivity contribution is 6.24. The van der Waals surface area contributed by atoms with Gasteiger partial charge in [0, 0.05) is 31.1 Å². The lowest BCUT2D eigenvalue weighted by Crippen LogP contribution is -2.76. The average molecular weight is 570 g/mol. The third kappa shape index (κ3) is 6.36. The van der Waals surface area contributed by atoms with Crippen molar-refractivity contribution in [1.82, 2.24) is 25.7 Å². The van der Waals surface area contributed by atoms with Gasteiger partial charge in [-0.2, -0.15) is 0 Å². The quantitative estimate of drug-likeness (QED) is 0.342. The highest BCUT2D eigenvalue weighted by atomic mass is 35.5. The van der Waals surface area contributed by atoms with Gasteiger partial charge in [-0.05, 0) is 44.2 Å². The molecule has 2 atom stereocenters. The number of carbonyl (C=O) groups is 3. The van der Waals surface area contributed by atoms with Crippen molar-refractivity contribution in [1.29, 1.82) is 0 Å². The molecule has 4 rings (SSSR count). The normalized spacial score (nSPS) is 20.7. The molecular formula is C26H38Cl2N6O4. The van der Waals surface area contributed by atoms with Gasteiger partial charge in [-0.25, -0.2) is 20.4 Å². The Morgan fingerprint density at radius 2 is 1.74 bits per heavy atom. The fraction of sp³-hybridized carbons (Fsp3) is 0.577. The number of amides is 3. The van der Waals surface area contributed by atoms with Crippen LogP contribution in [0.3, 0.4) is 0 Å². The second-order valence-electron chi connectivity index (χ2n) is 11.1. The predicted molar refractivity (Wildman–Crippen MR) is 151 cm³/mol. The van der Waals surface area contributed by atoms with Gasteiger partial charge in [0.2, 0.25) is 11.4 Å². The van der Waals surface area contributed by atoms with Crippen LogP contribution in [0.4, 0.5) is 5.82 Å². The molecule has 210 valence electrons. The molecule has 1 saturated carbocycles. The van der Waals surface area contributed by atoms with Crippen molar-refractivity contribution in [3.8, 4) is 0 Å². The summed E-state index contributed by atoms with van der Waals surface area (Å²) in [6, 6.07) is 5.54. The zero-order valence-corrected chi connectivity index (χ0v) is 24.3. The maximum atomic E-state index is 12.9. The molecule has 2 fully saturated rings. The SMILES string of the molecule is COC1(C)C(=O)N(N[C@@H]2CCCC[C@@H]2Nc2nc(C(=O)NCC(C)(C)C)nc3ccc(C)cc23)C1=O.Cl.Cl. The molecule has 1 aromatic carbocycles. The molecule has 1 aromatic heterocycles. The second kappa shape index (κ2) is 12.1. The molecule has 3 N–H and O–H groups in total. The van der Waals surface area contributed by atoms with Gasteiger partial charge < -0.3 is 15.4 Å². The number of benzene rings is 1. The van der Waals surface area contributed by atoms with E-state index in [2.05, 4.69) is 26.0 Å². The molecule has 1 saturated heterocycles. The molecule has 2 heterocycles. The standard InChI is InChI=1S/C26H36N6O4.2ClH/c1-15-11-12-17-16(13-15)20(30-21(28-17)22(33)27-14-25(2,3)4)29-18-9-7-8-10-19(18)31-32-23(34)26(5,36-6)24(32)35;;/h11-13,18-19,31H,7-10,14H2,1-6H3,(H,27,33)(H,28,29,30);2*1H/t18-,19+;;/m0../s1. The van der Waals surface area contributed by atoms with Crippen LogP contribution in [0, 0.1) is 12.3 Å². The number of ether oxygens (including phenoxy) is 1. The molecule has 0 unspecified atom stereocenters. The largest absolute Gasteiger partial charge is 0.365 e. The number of carbonyl (C=O) groups excluding carboxylic acids is 3. The number of rotatable bonds is 7. The van der Waals surface area contributed by atoms with Crippen LogP contribution in [0.2, 0.25) is 0 Å². The lowest BCUT2D eigenvalue weighted by Gasteiger charge is -2.45. The smallest absolute Gasteiger partial charge is 0.289 e. The van der Waals surface area contributed by atoms with E-state index in [-0.39, 0.29) is 54.0 Å². The summed E-state index contributed by atoms with van der Waals surface area (Å²) < 4.78 is 5.12. The number of methoxy groups -OCH3 is 1. The number of nitrogens with one attached hydrogen (secondary N) is 3. The Bertz CT molecular complexity index is 1190. The number of hydrogen-bond acceptors (Lipinski definition) is 8. The van der Waals surface area contributed by atoms with Crippen molar-refractivity contribution in [3.05, 3.63) is 29.6 Å². The number of nitrogens with zero attached hydrogens (tertiary/aromatic N) is 3. The van der Waals surface area contributed by atoms with Crippen LogP contribution < -0.4 is 16.1 Å². The van der Waals surface area contributed by atoms with E-state index in [0.717, 1.165) is 41.6 Å². The number of β-lactam (4-membered cyclic amide) rings is 2. The maximum Gasteiger partial charge on any atom is 0.289 e. The minimum atomic E-state index is -1.43. The Labute approximate surface area is 235 Å². The first-order valence-electron chi connectivity index (χ1n) is 12.5. The second-order valence-corrected chi connectivity index (χ2v) is 11.1. The summed E-state index contributed by atoms with van der Waals surface area (Å²) in [6.07, 6.45) is 3.56. The van der Waals surface area contributed by atoms with Crippen LogP contribution in [0.5, 0.6) is 0 Å². The molecule has 3 amide bonds. The highest BCUT2D eigenvalue weighted by Crippen LogP contribution is 2.30. The zero-order valence-electron chi connectivity index (χ0n) is 22.7. The minimum Gasteiger partial charge on any atom is -0.365 e. The molecule has 0 bridgehead atoms. The van der Waals surface area contributed by atoms with Gasteiger partial charge in [0.1, 0.15) is 5.82 Å². The van der Waals surface area contributed by atoms with Crippen molar-refractivity contribution >= 4 is 59.3 Å². The van der Waals surface area contributed by atoms with Crippen molar-refractivity contribution in [2.75, 3.05) is 19.0 Å². The van der Waals surface area contributed by atoms with Crippen LogP contribution in [0.15, 0.2) is 18.2 Å². The summed E-state index contributed by atoms with van der Waals surface area (Å²) in [6.45, 7) is 10.1. The number of hydrogen-bond donors (Lipinski definition) is 3. The molecule has 1 aliphatic carbocycles. The summed E-state index contributed by atoms with van der Waals surface area (Å²) in [5.41, 5.74) is 3.33. The zero-order chi connectivity index (χ0) is 26.3. The van der Waals surface area contributed by atoms with Crippen LogP contribution in [0.1, 0.15) is 69.6 Å². The molecule has 2 aliphatic rings. The molecule has 2 aromatic rings. The van der Waals surface area contributed by atoms with Crippen molar-refractivity contribution in [3.63, 3.8) is 0 Å². The summed E-state index contributed by atoms with van der Waals surface area (Å²) in [4.78, 5) is 47.2. The van der Waals surface area contributed by atoms with E-state index >= 15 is 0 Å². The Hall–Kier alpha value is -2.53. The molecule has 1 aliphatic heterocycles. The van der Waals surface area contributed by atoms with Crippen molar-refractivity contribution in [2.24, 2.45) is 5.41 Å². The Kier molecular flexibility index (Phi) is 10.1. The number of imide groups is 1. The van der Waals surface area contributed by atoms with Crippen LogP contribution in [-0.2, 0) is 14.3 Å². The first-order valence-corrected chi connectivity index (χ1v) is 12.5. The lowest BCUT2D eigenvalue weighted by atomic mass is 9.89. The first kappa shape index (κ1) is 31.7. The summed E-state index contributed by atoms with van der Waals surface area (Å²) in [5, 5.41) is 8.31. The predicted octanol–water partition coefficient (Wildman–Crippen LogP) is 3.56. The Balaban J connectivity index is 0.00000253. The van der Waals surface area contributed by atoms with Crippen LogP contribution in [0.25, 0.3) is 10.9 Å². The Morgan fingerprint density at radius 3 is 2.34 bits per heavy atom. The fourth-order valence-electron chi connectivity index (χ4n) is 4.53. The molecule has 10 nitrogen and oxygen atoms in total. The summed E-state index contributed by atoms with van der Waals surface area (Å²) in [7, 11) is 1.36. The highest BCUT2D eigenvalue weighted by Gasteiger charge is 2.59. The van der Waals surface area contributed by atoms with Crippen molar-refractivity contribution in [2.45, 2.75) is 78.0 Å². The van der Waals surface area contributed by atoms with E-state index in [1.54, 1.807) is 0 Å². The van der Waals surface area contributed by atoms with E-state index in [0.29, 0.717) is 17.9 Å². The van der Waals surface area contributed by atoms with Gasteiger partial charge in [0.25, 0.3) is 17.7 Å². The van der Waals surface area contributed by atoms with Crippen LogP contribution in [-0.4, -0.2) is 64.0 Å². The molecular weight excluding hydrogens is 531 g/mol. The third-order valence-electron chi connectivity index (χ3n) is 6.85. The molecule has 0 spiro atoms. The summed E-state index contributed by atoms with van der Waals surface area (Å²) in [5.74, 6) is -0.474. The fourth-order valence-corrected chi connectivity index (χ4v) is 4.53. The van der Waals surface area contributed by atoms with E-state index in [1.165, 1.54) is 14.0 Å². The molecule has 38 heavy (non-hydrogen) atoms. The number of halogens is 2. The van der Waals surface area contributed by atoms with E-state index < -0.39 is 17.4 Å². The van der Waals surface area contributed by atoms with E-state index in [1.807, 2.05) is 45.9 Å². The van der Waals surface area contributed by atoms with Gasteiger partial charge in [0.05, 0.1) is 5.52 Å². The number of fused-ring (bicyclic) bond motifs is 1. The molecule has 12 heteroatoms. The number of aryl methyl sites for hydroxylation is 1. The minimum absolute atomic E-state index is 0. The van der Waals surface area contributed by atoms with E-state index in [4.69, 9.17) is 4.74 Å². The van der Waals surface area contributed by atoms with E-state index in [9.17, 15) is 14.4 Å². The maximum absolute atomic E-state index is 12.9. The lowest BCUT2D eigenvalue weighted by molar-refractivity contribution is -0.196. The first-order chi connectivity index (χ1) is 16.9. The number of anilines is 1. The van der Waals surface area contributed by atoms with Gasteiger partial charge >= 0.3 is 0 Å². The molecule has 0 radical (unpaired) electrons. The van der Waals surface area contributed by atoms with Gasteiger partial charge in [0.15, 0.2) is 0 Å². The summed E-state index contributed by atoms with van der Waals surface area (Å²) >= 11 is 0. The van der Waals surface area contributed by atoms with Gasteiger partial charge in [-0.1, -0.05) is 45.2 Å². The van der Waals surface area contributed by atoms with Crippen molar-refractivity contribution < 1.29 is 19.1 Å². The topological polar surface area (TPSA) is 126 Å². The van der Waals surface area contributed by atoms with Gasteiger partial charge in [-0.3, -0.25) is 14.4 Å². The monoisotopic (exact) mass is 568 g/mol. The average Bonchev–Trinajstić information content (AvgIpc) is 2.85. The van der Waals surface area contributed by atoms with Gasteiger partial charge in [-0.15, -0.1) is 24.8 Å². The third-order valence-corrected chi connectivity index (χ3v) is 6.85. The number of hydrazine groups is 1. The number of aromatic nitrogens is 2.